The first-order chi connectivity index (χ1) is 11.9. The van der Waals surface area contributed by atoms with Crippen molar-refractivity contribution in [2.45, 2.75) is 26.7 Å². The van der Waals surface area contributed by atoms with Crippen LogP contribution in [0.3, 0.4) is 0 Å². The van der Waals surface area contributed by atoms with Gasteiger partial charge in [-0.1, -0.05) is 25.7 Å². The molecule has 3 rings (SSSR count). The molecule has 0 aliphatic carbocycles. The van der Waals surface area contributed by atoms with Crippen LogP contribution in [-0.2, 0) is 0 Å². The standard InChI is InChI=1S/C22H22FNO/c1-22(2)13-15-24(16-14-22)21(25)19-9-5-17(6-10-19)3-4-18-7-11-20(23)12-8-18/h5-12H,13-16H2,1-2H3. The van der Waals surface area contributed by atoms with Crippen LogP contribution < -0.4 is 0 Å². The number of carbonyl (C=O) groups excluding carboxylic acids is 1. The number of amides is 1. The van der Waals surface area contributed by atoms with E-state index in [1.807, 2.05) is 29.2 Å². The molecule has 1 aliphatic heterocycles. The molecule has 25 heavy (non-hydrogen) atoms. The van der Waals surface area contributed by atoms with Crippen molar-refractivity contribution in [2.75, 3.05) is 13.1 Å². The van der Waals surface area contributed by atoms with Crippen molar-refractivity contribution < 1.29 is 9.18 Å². The maximum atomic E-state index is 12.9. The highest BCUT2D eigenvalue weighted by Gasteiger charge is 2.28. The summed E-state index contributed by atoms with van der Waals surface area (Å²) in [4.78, 5) is 14.5. The molecule has 0 aromatic heterocycles. The third-order valence-electron chi connectivity index (χ3n) is 4.73. The van der Waals surface area contributed by atoms with Gasteiger partial charge >= 0.3 is 0 Å². The number of hydrogen-bond donors (Lipinski definition) is 0. The van der Waals surface area contributed by atoms with E-state index in [-0.39, 0.29) is 11.7 Å². The van der Waals surface area contributed by atoms with E-state index < -0.39 is 0 Å². The first-order valence-electron chi connectivity index (χ1n) is 8.60. The van der Waals surface area contributed by atoms with Crippen LogP contribution in [0.25, 0.3) is 0 Å². The summed E-state index contributed by atoms with van der Waals surface area (Å²) >= 11 is 0. The van der Waals surface area contributed by atoms with Gasteiger partial charge in [-0.3, -0.25) is 4.79 Å². The van der Waals surface area contributed by atoms with Gasteiger partial charge in [0.05, 0.1) is 0 Å². The lowest BCUT2D eigenvalue weighted by Gasteiger charge is -2.36. The van der Waals surface area contributed by atoms with E-state index in [1.165, 1.54) is 12.1 Å². The Morgan fingerprint density at radius 3 is 1.92 bits per heavy atom. The largest absolute Gasteiger partial charge is 0.339 e. The molecular formula is C22H22FNO. The maximum Gasteiger partial charge on any atom is 0.253 e. The van der Waals surface area contributed by atoms with Crippen LogP contribution >= 0.6 is 0 Å². The molecule has 0 spiro atoms. The van der Waals surface area contributed by atoms with Crippen LogP contribution in [0.1, 0.15) is 48.2 Å². The summed E-state index contributed by atoms with van der Waals surface area (Å²) in [5, 5.41) is 0. The van der Waals surface area contributed by atoms with Crippen LogP contribution in [0.2, 0.25) is 0 Å². The van der Waals surface area contributed by atoms with Crippen molar-refractivity contribution in [2.24, 2.45) is 5.41 Å². The van der Waals surface area contributed by atoms with E-state index in [2.05, 4.69) is 25.7 Å². The fourth-order valence-corrected chi connectivity index (χ4v) is 2.87. The zero-order valence-electron chi connectivity index (χ0n) is 14.7. The number of rotatable bonds is 1. The fourth-order valence-electron chi connectivity index (χ4n) is 2.87. The number of likely N-dealkylation sites (tertiary alicyclic amines) is 1. The number of carbonyl (C=O) groups is 1. The average Bonchev–Trinajstić information content (AvgIpc) is 2.61. The van der Waals surface area contributed by atoms with Crippen molar-refractivity contribution in [3.63, 3.8) is 0 Å². The molecule has 2 aromatic carbocycles. The second-order valence-electron chi connectivity index (χ2n) is 7.29. The lowest BCUT2D eigenvalue weighted by Crippen LogP contribution is -2.41. The quantitative estimate of drug-likeness (QED) is 0.703. The Bertz CT molecular complexity index is 800. The fraction of sp³-hybridized carbons (Fsp3) is 0.318. The van der Waals surface area contributed by atoms with Gasteiger partial charge in [0.1, 0.15) is 5.82 Å². The number of halogens is 1. The van der Waals surface area contributed by atoms with E-state index in [0.29, 0.717) is 11.0 Å². The van der Waals surface area contributed by atoms with E-state index in [4.69, 9.17) is 0 Å². The second-order valence-corrected chi connectivity index (χ2v) is 7.29. The van der Waals surface area contributed by atoms with E-state index in [9.17, 15) is 9.18 Å². The lowest BCUT2D eigenvalue weighted by atomic mass is 9.82. The van der Waals surface area contributed by atoms with Gasteiger partial charge in [-0.2, -0.15) is 0 Å². The van der Waals surface area contributed by atoms with Gasteiger partial charge in [0.25, 0.3) is 5.91 Å². The molecule has 0 atom stereocenters. The highest BCUT2D eigenvalue weighted by Crippen LogP contribution is 2.30. The summed E-state index contributed by atoms with van der Waals surface area (Å²) in [6, 6.07) is 13.5. The minimum Gasteiger partial charge on any atom is -0.339 e. The molecule has 1 heterocycles. The minimum atomic E-state index is -0.269. The summed E-state index contributed by atoms with van der Waals surface area (Å²) in [5.74, 6) is 5.86. The van der Waals surface area contributed by atoms with Gasteiger partial charge in [0, 0.05) is 29.8 Å². The normalized spacial score (nSPS) is 16.0. The van der Waals surface area contributed by atoms with E-state index >= 15 is 0 Å². The van der Waals surface area contributed by atoms with Gasteiger partial charge in [-0.05, 0) is 66.8 Å². The smallest absolute Gasteiger partial charge is 0.253 e. The summed E-state index contributed by atoms with van der Waals surface area (Å²) in [5.41, 5.74) is 2.63. The van der Waals surface area contributed by atoms with Crippen molar-refractivity contribution in [3.05, 3.63) is 71.0 Å². The SMILES string of the molecule is CC1(C)CCN(C(=O)c2ccc(C#Cc3ccc(F)cc3)cc2)CC1. The zero-order valence-corrected chi connectivity index (χ0v) is 14.7. The first kappa shape index (κ1) is 17.2. The molecule has 0 unspecified atom stereocenters. The molecule has 128 valence electrons. The van der Waals surface area contributed by atoms with Gasteiger partial charge < -0.3 is 4.90 Å². The maximum absolute atomic E-state index is 12.9. The molecule has 0 N–H and O–H groups in total. The van der Waals surface area contributed by atoms with E-state index in [1.54, 1.807) is 12.1 Å². The second kappa shape index (κ2) is 7.11. The molecule has 1 saturated heterocycles. The summed E-state index contributed by atoms with van der Waals surface area (Å²) in [7, 11) is 0. The molecule has 3 heteroatoms. The molecule has 0 radical (unpaired) electrons. The first-order valence-corrected chi connectivity index (χ1v) is 8.60. The van der Waals surface area contributed by atoms with Crippen LogP contribution in [-0.4, -0.2) is 23.9 Å². The summed E-state index contributed by atoms with van der Waals surface area (Å²) in [6.07, 6.45) is 2.08. The minimum absolute atomic E-state index is 0.0912. The number of benzene rings is 2. The number of nitrogens with zero attached hydrogens (tertiary/aromatic N) is 1. The predicted molar refractivity (Wildman–Crippen MR) is 97.7 cm³/mol. The third kappa shape index (κ3) is 4.48. The predicted octanol–water partition coefficient (Wildman–Crippen LogP) is 4.49. The summed E-state index contributed by atoms with van der Waals surface area (Å²) < 4.78 is 12.9. The Kier molecular flexibility index (Phi) is 4.90. The monoisotopic (exact) mass is 335 g/mol. The van der Waals surface area contributed by atoms with Crippen LogP contribution in [0.4, 0.5) is 4.39 Å². The summed E-state index contributed by atoms with van der Waals surface area (Å²) in [6.45, 7) is 6.14. The molecule has 2 nitrogen and oxygen atoms in total. The molecule has 1 aliphatic rings. The Balaban J connectivity index is 1.66. The molecule has 2 aromatic rings. The molecular weight excluding hydrogens is 313 g/mol. The Hall–Kier alpha value is -2.60. The van der Waals surface area contributed by atoms with Crippen LogP contribution in [0.15, 0.2) is 48.5 Å². The molecule has 0 bridgehead atoms. The lowest BCUT2D eigenvalue weighted by molar-refractivity contribution is 0.0630. The van der Waals surface area contributed by atoms with Gasteiger partial charge in [-0.25, -0.2) is 4.39 Å². The van der Waals surface area contributed by atoms with Crippen molar-refractivity contribution in [1.82, 2.24) is 4.90 Å². The van der Waals surface area contributed by atoms with Crippen molar-refractivity contribution >= 4 is 5.91 Å². The van der Waals surface area contributed by atoms with Crippen molar-refractivity contribution in [3.8, 4) is 11.8 Å². The molecule has 1 fully saturated rings. The molecule has 0 saturated carbocycles. The van der Waals surface area contributed by atoms with E-state index in [0.717, 1.165) is 37.1 Å². The Morgan fingerprint density at radius 1 is 0.920 bits per heavy atom. The number of hydrogen-bond acceptors (Lipinski definition) is 1. The van der Waals surface area contributed by atoms with Crippen molar-refractivity contribution in [1.29, 1.82) is 0 Å². The highest BCUT2D eigenvalue weighted by atomic mass is 19.1. The topological polar surface area (TPSA) is 20.3 Å². The van der Waals surface area contributed by atoms with Gasteiger partial charge in [0.2, 0.25) is 0 Å². The zero-order chi connectivity index (χ0) is 17.9. The van der Waals surface area contributed by atoms with Crippen LogP contribution in [0.5, 0.6) is 0 Å². The average molecular weight is 335 g/mol. The third-order valence-corrected chi connectivity index (χ3v) is 4.73. The van der Waals surface area contributed by atoms with Gasteiger partial charge in [-0.15, -0.1) is 0 Å². The Labute approximate surface area is 148 Å². The number of piperidine rings is 1. The Morgan fingerprint density at radius 2 is 1.40 bits per heavy atom. The van der Waals surface area contributed by atoms with Crippen LogP contribution in [0, 0.1) is 23.1 Å². The van der Waals surface area contributed by atoms with Gasteiger partial charge in [0.15, 0.2) is 0 Å². The molecule has 1 amide bonds. The highest BCUT2D eigenvalue weighted by molar-refractivity contribution is 5.94.